The lowest BCUT2D eigenvalue weighted by molar-refractivity contribution is 0.308. The third-order valence-corrected chi connectivity index (χ3v) is 5.19. The zero-order chi connectivity index (χ0) is 22.0. The fraction of sp³-hybridized carbons (Fsp3) is 0.261. The Labute approximate surface area is 180 Å². The van der Waals surface area contributed by atoms with Crippen LogP contribution in [0.25, 0.3) is 16.7 Å². The third-order valence-electron chi connectivity index (χ3n) is 5.19. The molecule has 160 valence electrons. The molecule has 0 unspecified atom stereocenters. The molecule has 0 spiro atoms. The summed E-state index contributed by atoms with van der Waals surface area (Å²) in [7, 11) is 5.23. The van der Waals surface area contributed by atoms with Gasteiger partial charge in [-0.05, 0) is 49.4 Å². The lowest BCUT2D eigenvalue weighted by atomic mass is 10.1. The average Bonchev–Trinajstić information content (AvgIpc) is 3.20. The molecule has 0 saturated carbocycles. The number of H-pyrrole nitrogens is 1. The highest BCUT2D eigenvalue weighted by Crippen LogP contribution is 2.30. The van der Waals surface area contributed by atoms with E-state index in [0.717, 1.165) is 16.8 Å². The Morgan fingerprint density at radius 1 is 1.06 bits per heavy atom. The van der Waals surface area contributed by atoms with Crippen LogP contribution in [-0.4, -0.2) is 45.9 Å². The Hall–Kier alpha value is -3.65. The second kappa shape index (κ2) is 8.61. The molecule has 1 N–H and O–H groups in total. The van der Waals surface area contributed by atoms with Crippen LogP contribution < -0.4 is 15.0 Å². The first-order chi connectivity index (χ1) is 15.0. The first-order valence-corrected chi connectivity index (χ1v) is 9.92. The number of para-hydroxylation sites is 1. The molecule has 4 aromatic rings. The van der Waals surface area contributed by atoms with Gasteiger partial charge < -0.3 is 14.5 Å². The van der Waals surface area contributed by atoms with Crippen molar-refractivity contribution in [3.8, 4) is 17.2 Å². The number of nitrogens with zero attached hydrogens (tertiary/aromatic N) is 4. The topological polar surface area (TPSA) is 85.3 Å². The van der Waals surface area contributed by atoms with Crippen LogP contribution in [-0.2, 0) is 13.1 Å². The zero-order valence-corrected chi connectivity index (χ0v) is 18.0. The quantitative estimate of drug-likeness (QED) is 0.496. The number of rotatable bonds is 7. The molecule has 0 bridgehead atoms. The van der Waals surface area contributed by atoms with E-state index < -0.39 is 0 Å². The predicted octanol–water partition coefficient (Wildman–Crippen LogP) is 3.07. The molecule has 2 aromatic carbocycles. The number of methoxy groups -OCH3 is 2. The summed E-state index contributed by atoms with van der Waals surface area (Å²) in [5.41, 5.74) is 3.41. The highest BCUT2D eigenvalue weighted by Gasteiger charge is 2.14. The maximum atomic E-state index is 12.6. The maximum absolute atomic E-state index is 12.6. The van der Waals surface area contributed by atoms with Gasteiger partial charge in [0, 0.05) is 6.54 Å². The van der Waals surface area contributed by atoms with Gasteiger partial charge in [-0.3, -0.25) is 9.69 Å². The van der Waals surface area contributed by atoms with Crippen molar-refractivity contribution in [3.05, 3.63) is 76.0 Å². The predicted molar refractivity (Wildman–Crippen MR) is 119 cm³/mol. The van der Waals surface area contributed by atoms with Crippen molar-refractivity contribution >= 4 is 11.0 Å². The summed E-state index contributed by atoms with van der Waals surface area (Å²) in [4.78, 5) is 22.3. The minimum absolute atomic E-state index is 0.196. The summed E-state index contributed by atoms with van der Waals surface area (Å²) in [6, 6.07) is 13.6. The Bertz CT molecular complexity index is 1260. The monoisotopic (exact) mass is 419 g/mol. The van der Waals surface area contributed by atoms with E-state index in [2.05, 4.69) is 15.0 Å². The average molecular weight is 419 g/mol. The molecule has 0 amide bonds. The molecule has 2 heterocycles. The molecule has 0 radical (unpaired) electrons. The van der Waals surface area contributed by atoms with Crippen LogP contribution in [0.2, 0.25) is 0 Å². The molecule has 0 aliphatic heterocycles. The third kappa shape index (κ3) is 4.15. The largest absolute Gasteiger partial charge is 0.493 e. The maximum Gasteiger partial charge on any atom is 0.262 e. The number of aromatic nitrogens is 4. The first kappa shape index (κ1) is 20.6. The smallest absolute Gasteiger partial charge is 0.262 e. The first-order valence-electron chi connectivity index (χ1n) is 9.92. The molecule has 0 fully saturated rings. The van der Waals surface area contributed by atoms with Gasteiger partial charge in [-0.1, -0.05) is 18.2 Å². The Morgan fingerprint density at radius 3 is 2.48 bits per heavy atom. The van der Waals surface area contributed by atoms with E-state index in [9.17, 15) is 4.79 Å². The number of fused-ring (bicyclic) bond motifs is 1. The highest BCUT2D eigenvalue weighted by atomic mass is 16.5. The van der Waals surface area contributed by atoms with E-state index in [1.54, 1.807) is 25.1 Å². The summed E-state index contributed by atoms with van der Waals surface area (Å²) >= 11 is 0. The summed E-state index contributed by atoms with van der Waals surface area (Å²) in [5.74, 6) is 1.98. The highest BCUT2D eigenvalue weighted by molar-refractivity contribution is 5.75. The van der Waals surface area contributed by atoms with Crippen molar-refractivity contribution in [1.82, 2.24) is 24.6 Å². The summed E-state index contributed by atoms with van der Waals surface area (Å²) < 4.78 is 12.5. The second-order valence-electron chi connectivity index (χ2n) is 7.45. The van der Waals surface area contributed by atoms with Crippen molar-refractivity contribution in [1.29, 1.82) is 0 Å². The van der Waals surface area contributed by atoms with Gasteiger partial charge in [-0.25, -0.2) is 9.67 Å². The molecular formula is C23H25N5O3. The zero-order valence-electron chi connectivity index (χ0n) is 18.0. The van der Waals surface area contributed by atoms with Crippen molar-refractivity contribution in [2.75, 3.05) is 21.3 Å². The fourth-order valence-electron chi connectivity index (χ4n) is 3.59. The second-order valence-corrected chi connectivity index (χ2v) is 7.45. The number of aryl methyl sites for hydroxylation is 1. The lowest BCUT2D eigenvalue weighted by Gasteiger charge is -2.19. The number of hydrogen-bond acceptors (Lipinski definition) is 6. The molecule has 0 aliphatic rings. The molecule has 4 rings (SSSR count). The van der Waals surface area contributed by atoms with Gasteiger partial charge in [0.05, 0.1) is 32.6 Å². The van der Waals surface area contributed by atoms with Crippen LogP contribution in [0, 0.1) is 6.92 Å². The fourth-order valence-corrected chi connectivity index (χ4v) is 3.59. The summed E-state index contributed by atoms with van der Waals surface area (Å²) in [6.07, 6.45) is 1.55. The Balaban J connectivity index is 1.61. The lowest BCUT2D eigenvalue weighted by Crippen LogP contribution is -2.22. The molecule has 31 heavy (non-hydrogen) atoms. The number of aromatic amines is 1. The van der Waals surface area contributed by atoms with Gasteiger partial charge in [-0.15, -0.1) is 0 Å². The minimum atomic E-state index is -0.196. The molecule has 0 saturated heterocycles. The van der Waals surface area contributed by atoms with Gasteiger partial charge in [-0.2, -0.15) is 5.10 Å². The van der Waals surface area contributed by atoms with E-state index in [0.29, 0.717) is 41.4 Å². The molecule has 8 heteroatoms. The van der Waals surface area contributed by atoms with Gasteiger partial charge in [0.15, 0.2) is 17.1 Å². The van der Waals surface area contributed by atoms with E-state index in [1.165, 1.54) is 0 Å². The minimum Gasteiger partial charge on any atom is -0.493 e. The van der Waals surface area contributed by atoms with Crippen LogP contribution in [0.15, 0.2) is 53.5 Å². The van der Waals surface area contributed by atoms with Crippen LogP contribution in [0.5, 0.6) is 11.5 Å². The van der Waals surface area contributed by atoms with Crippen molar-refractivity contribution in [2.24, 2.45) is 0 Å². The van der Waals surface area contributed by atoms with Crippen LogP contribution in [0.4, 0.5) is 0 Å². The Morgan fingerprint density at radius 2 is 1.77 bits per heavy atom. The molecular weight excluding hydrogens is 394 g/mol. The van der Waals surface area contributed by atoms with Crippen LogP contribution >= 0.6 is 0 Å². The van der Waals surface area contributed by atoms with Crippen molar-refractivity contribution in [2.45, 2.75) is 20.0 Å². The normalized spacial score (nSPS) is 11.3. The number of hydrogen-bond donors (Lipinski definition) is 1. The van der Waals surface area contributed by atoms with Gasteiger partial charge >= 0.3 is 0 Å². The number of ether oxygens (including phenoxy) is 2. The summed E-state index contributed by atoms with van der Waals surface area (Å²) in [6.45, 7) is 3.17. The van der Waals surface area contributed by atoms with Crippen molar-refractivity contribution < 1.29 is 9.47 Å². The molecule has 2 aromatic heterocycles. The number of nitrogens with one attached hydrogen (secondary N) is 1. The molecule has 0 aliphatic carbocycles. The molecule has 8 nitrogen and oxygen atoms in total. The van der Waals surface area contributed by atoms with Gasteiger partial charge in [0.1, 0.15) is 11.2 Å². The SMILES string of the molecule is COc1cc(C)c(CN(C)Cc2nc3c(cnn3-c3ccccc3)c(=O)[nH]2)cc1OC. The van der Waals surface area contributed by atoms with E-state index in [4.69, 9.17) is 14.5 Å². The standard InChI is InChI=1S/C23H25N5O3/c1-15-10-19(30-3)20(31-4)11-16(15)13-27(2)14-21-25-22-18(23(29)26-21)12-24-28(22)17-8-6-5-7-9-17/h5-12H,13-14H2,1-4H3,(H,25,26,29). The van der Waals surface area contributed by atoms with Crippen LogP contribution in [0.1, 0.15) is 17.0 Å². The van der Waals surface area contributed by atoms with Gasteiger partial charge in [0.25, 0.3) is 5.56 Å². The number of benzene rings is 2. The van der Waals surface area contributed by atoms with Crippen LogP contribution in [0.3, 0.4) is 0 Å². The molecule has 0 atom stereocenters. The van der Waals surface area contributed by atoms with E-state index in [1.807, 2.05) is 56.4 Å². The van der Waals surface area contributed by atoms with E-state index >= 15 is 0 Å². The van der Waals surface area contributed by atoms with Crippen molar-refractivity contribution in [3.63, 3.8) is 0 Å². The summed E-state index contributed by atoms with van der Waals surface area (Å²) in [5, 5.41) is 4.82. The van der Waals surface area contributed by atoms with Gasteiger partial charge in [0.2, 0.25) is 0 Å². The van der Waals surface area contributed by atoms with E-state index in [-0.39, 0.29) is 5.56 Å². The Kier molecular flexibility index (Phi) is 5.73.